The molecule has 4 bridgehead atoms. The number of aromatic hydroxyl groups is 2. The molecule has 4 atom stereocenters. The zero-order valence-corrected chi connectivity index (χ0v) is 34.6. The van der Waals surface area contributed by atoms with Gasteiger partial charge in [0.05, 0.1) is 0 Å². The number of amides is 5. The molecule has 4 aromatic carbocycles. The highest BCUT2D eigenvalue weighted by atomic mass is 16.4. The van der Waals surface area contributed by atoms with Crippen molar-refractivity contribution in [3.63, 3.8) is 0 Å². The van der Waals surface area contributed by atoms with Crippen LogP contribution in [0.1, 0.15) is 79.0 Å². The molecule has 15 heteroatoms. The number of nitrogens with zero attached hydrogens (tertiary/aromatic N) is 1. The maximum Gasteiger partial charge on any atom is 0.326 e. The number of phenols is 2. The normalized spacial score (nSPS) is 16.9. The van der Waals surface area contributed by atoms with E-state index in [9.17, 15) is 44.1 Å². The number of carbonyl (C=O) groups is 6. The molecule has 1 aliphatic heterocycles. The third kappa shape index (κ3) is 11.7. The van der Waals surface area contributed by atoms with E-state index in [0.717, 1.165) is 35.3 Å². The topological polar surface area (TPSA) is 240 Å². The van der Waals surface area contributed by atoms with Gasteiger partial charge in [0.2, 0.25) is 23.6 Å². The van der Waals surface area contributed by atoms with Crippen LogP contribution in [0.3, 0.4) is 0 Å². The second-order valence-electron chi connectivity index (χ2n) is 15.2. The van der Waals surface area contributed by atoms with Crippen LogP contribution in [-0.2, 0) is 36.8 Å². The first-order valence-electron chi connectivity index (χ1n) is 20.4. The fourth-order valence-electron chi connectivity index (χ4n) is 7.18. The zero-order chi connectivity index (χ0) is 44.2. The highest BCUT2D eigenvalue weighted by molar-refractivity contribution is 5.97. The Kier molecular flexibility index (Phi) is 15.6. The fraction of sp³-hybridized carbons (Fsp3) is 0.348. The number of hydrogen-bond acceptors (Lipinski definition) is 9. The maximum absolute atomic E-state index is 14.3. The Morgan fingerprint density at radius 1 is 0.852 bits per heavy atom. The molecule has 0 saturated heterocycles. The number of rotatable bonds is 15. The van der Waals surface area contributed by atoms with Gasteiger partial charge in [-0.2, -0.15) is 0 Å². The van der Waals surface area contributed by atoms with E-state index >= 15 is 0 Å². The molecule has 322 valence electrons. The van der Waals surface area contributed by atoms with Crippen molar-refractivity contribution in [2.24, 2.45) is 5.73 Å². The van der Waals surface area contributed by atoms with Crippen LogP contribution >= 0.6 is 0 Å². The third-order valence-electron chi connectivity index (χ3n) is 10.7. The van der Waals surface area contributed by atoms with Gasteiger partial charge in [-0.1, -0.05) is 61.9 Å². The molecule has 0 radical (unpaired) electrons. The summed E-state index contributed by atoms with van der Waals surface area (Å²) in [6.07, 6.45) is 3.40. The number of carbonyl (C=O) groups excluding carboxylic acids is 5. The van der Waals surface area contributed by atoms with Crippen molar-refractivity contribution >= 4 is 35.5 Å². The van der Waals surface area contributed by atoms with Crippen LogP contribution in [0, 0.1) is 0 Å². The third-order valence-corrected chi connectivity index (χ3v) is 10.7. The average molecular weight is 835 g/mol. The number of phenolic OH excluding ortho intramolecular Hbond substituents is 2. The summed E-state index contributed by atoms with van der Waals surface area (Å²) in [5.74, 6) is -5.07. The van der Waals surface area contributed by atoms with Gasteiger partial charge in [0.1, 0.15) is 35.7 Å². The van der Waals surface area contributed by atoms with Crippen molar-refractivity contribution in [2.45, 2.75) is 83.0 Å². The van der Waals surface area contributed by atoms with Crippen molar-refractivity contribution in [3.8, 4) is 33.8 Å². The molecule has 61 heavy (non-hydrogen) atoms. The minimum atomic E-state index is -1.45. The molecule has 5 amide bonds. The summed E-state index contributed by atoms with van der Waals surface area (Å²) in [5, 5.41) is 42.1. The lowest BCUT2D eigenvalue weighted by Gasteiger charge is -2.32. The predicted molar refractivity (Wildman–Crippen MR) is 229 cm³/mol. The van der Waals surface area contributed by atoms with Gasteiger partial charge in [-0.05, 0) is 103 Å². The van der Waals surface area contributed by atoms with Crippen LogP contribution in [0.4, 0.5) is 0 Å². The quantitative estimate of drug-likeness (QED) is 0.0858. The fourth-order valence-corrected chi connectivity index (χ4v) is 7.18. The van der Waals surface area contributed by atoms with E-state index in [2.05, 4.69) is 52.5 Å². The van der Waals surface area contributed by atoms with E-state index < -0.39 is 53.8 Å². The number of aliphatic carboxylic acids is 1. The minimum Gasteiger partial charge on any atom is -0.507 e. The van der Waals surface area contributed by atoms with Crippen LogP contribution in [0.5, 0.6) is 11.5 Å². The number of likely N-dealkylation sites (N-methyl/N-ethyl adjacent to an activating group) is 1. The number of aryl methyl sites for hydroxylation is 1. The van der Waals surface area contributed by atoms with Gasteiger partial charge in [0.25, 0.3) is 5.91 Å². The van der Waals surface area contributed by atoms with Crippen LogP contribution in [0.25, 0.3) is 22.3 Å². The van der Waals surface area contributed by atoms with Crippen molar-refractivity contribution in [2.75, 3.05) is 20.1 Å². The Morgan fingerprint density at radius 2 is 1.49 bits per heavy atom. The summed E-state index contributed by atoms with van der Waals surface area (Å²) in [6, 6.07) is 18.7. The van der Waals surface area contributed by atoms with Crippen LogP contribution < -0.4 is 27.0 Å². The van der Waals surface area contributed by atoms with E-state index in [1.807, 2.05) is 12.1 Å². The van der Waals surface area contributed by atoms with Crippen molar-refractivity contribution in [3.05, 3.63) is 107 Å². The Balaban J connectivity index is 1.31. The van der Waals surface area contributed by atoms with Gasteiger partial charge in [0.15, 0.2) is 0 Å². The number of unbranched alkanes of at least 4 members (excludes halogenated alkanes) is 1. The Bertz CT molecular complexity index is 2230. The van der Waals surface area contributed by atoms with E-state index in [0.29, 0.717) is 17.5 Å². The largest absolute Gasteiger partial charge is 0.507 e. The molecule has 1 heterocycles. The van der Waals surface area contributed by atoms with E-state index in [-0.39, 0.29) is 66.4 Å². The van der Waals surface area contributed by atoms with E-state index in [1.165, 1.54) is 55.9 Å². The number of nitrogens with two attached hydrogens (primary N) is 1. The predicted octanol–water partition coefficient (Wildman–Crippen LogP) is 3.95. The van der Waals surface area contributed by atoms with Crippen molar-refractivity contribution < 1.29 is 44.1 Å². The molecule has 0 aromatic heterocycles. The van der Waals surface area contributed by atoms with Crippen LogP contribution in [0.15, 0.2) is 84.9 Å². The molecule has 0 fully saturated rings. The highest BCUT2D eigenvalue weighted by Crippen LogP contribution is 2.39. The first-order valence-corrected chi connectivity index (χ1v) is 20.4. The van der Waals surface area contributed by atoms with Crippen LogP contribution in [0.2, 0.25) is 0 Å². The molecular formula is C46H54N6O9. The lowest BCUT2D eigenvalue weighted by molar-refractivity contribution is -0.143. The standard InChI is InChI=1S/C46H54N6O9/c1-4-5-7-28-9-12-30(13-10-28)31-14-16-32(17-15-31)43(57)48-23-21-40(55)50-36(8-6-22-47)45(59)52(3)41-33-18-20-39(54)35(26-33)34-24-29(11-19-38(34)53)25-37(46(60)61)51-42(56)27(2)49-44(41)58/h9-20,24,26-27,36-37,41,53-54H,4-8,21-23,25,47H2,1-3H3,(H,48,57)(H,49,58)(H,50,55)(H,51,56)(H,60,61). The Hall–Kier alpha value is -6.74. The molecule has 0 spiro atoms. The summed E-state index contributed by atoms with van der Waals surface area (Å²) in [7, 11) is 1.35. The summed E-state index contributed by atoms with van der Waals surface area (Å²) in [4.78, 5) is 81.0. The number of nitrogens with one attached hydrogen (secondary N) is 4. The molecule has 1 aliphatic rings. The van der Waals surface area contributed by atoms with Gasteiger partial charge in [-0.3, -0.25) is 24.0 Å². The lowest BCUT2D eigenvalue weighted by atomic mass is 9.93. The van der Waals surface area contributed by atoms with E-state index in [1.54, 1.807) is 12.1 Å². The molecule has 4 aromatic rings. The first-order chi connectivity index (χ1) is 29.2. The van der Waals surface area contributed by atoms with Crippen molar-refractivity contribution in [1.82, 2.24) is 26.2 Å². The van der Waals surface area contributed by atoms with Crippen LogP contribution in [-0.4, -0.2) is 94.0 Å². The highest BCUT2D eigenvalue weighted by Gasteiger charge is 2.36. The molecular weight excluding hydrogens is 781 g/mol. The summed E-state index contributed by atoms with van der Waals surface area (Å²) >= 11 is 0. The number of benzene rings is 4. The van der Waals surface area contributed by atoms with E-state index in [4.69, 9.17) is 5.73 Å². The first kappa shape index (κ1) is 45.3. The smallest absolute Gasteiger partial charge is 0.326 e. The number of carboxylic acids is 1. The second-order valence-corrected chi connectivity index (χ2v) is 15.2. The zero-order valence-electron chi connectivity index (χ0n) is 34.6. The number of carboxylic acid groups (broad SMARTS) is 1. The Morgan fingerprint density at radius 3 is 2.13 bits per heavy atom. The van der Waals surface area contributed by atoms with Gasteiger partial charge in [-0.25, -0.2) is 4.79 Å². The maximum atomic E-state index is 14.3. The monoisotopic (exact) mass is 834 g/mol. The Labute approximate surface area is 354 Å². The molecule has 15 nitrogen and oxygen atoms in total. The summed E-state index contributed by atoms with van der Waals surface area (Å²) < 4.78 is 0. The summed E-state index contributed by atoms with van der Waals surface area (Å²) in [5.41, 5.74) is 10.3. The second kappa shape index (κ2) is 21.0. The average Bonchev–Trinajstić information content (AvgIpc) is 3.24. The number of fused-ring (bicyclic) bond motifs is 5. The van der Waals surface area contributed by atoms with Gasteiger partial charge < -0.3 is 47.2 Å². The number of hydrogen-bond donors (Lipinski definition) is 8. The molecule has 9 N–H and O–H groups in total. The van der Waals surface area contributed by atoms with Gasteiger partial charge in [-0.15, -0.1) is 0 Å². The molecule has 0 aliphatic carbocycles. The lowest BCUT2D eigenvalue weighted by Crippen LogP contribution is -2.55. The minimum absolute atomic E-state index is 0.0304. The molecule has 0 saturated carbocycles. The summed E-state index contributed by atoms with van der Waals surface area (Å²) in [6.45, 7) is 3.69. The molecule has 5 rings (SSSR count). The van der Waals surface area contributed by atoms with Gasteiger partial charge in [0, 0.05) is 43.1 Å². The van der Waals surface area contributed by atoms with Crippen molar-refractivity contribution in [1.29, 1.82) is 0 Å². The SMILES string of the molecule is CCCCc1ccc(-c2ccc(C(=O)NCCC(=O)NC(CCCN)C(=O)N(C)C3C(=O)NC(C)C(=O)NC(C(=O)O)Cc4ccc(O)c(c4)-c4cc3ccc4O)cc2)cc1. The van der Waals surface area contributed by atoms with Gasteiger partial charge >= 0.3 is 5.97 Å². The molecule has 4 unspecified atom stereocenters.